The molecule has 0 amide bonds. The van der Waals surface area contributed by atoms with Crippen LogP contribution in [0.15, 0.2) is 18.2 Å². The Morgan fingerprint density at radius 1 is 1.25 bits per heavy atom. The molecule has 0 saturated carbocycles. The van der Waals surface area contributed by atoms with Crippen molar-refractivity contribution in [2.45, 2.75) is 33.6 Å². The van der Waals surface area contributed by atoms with E-state index in [1.54, 1.807) is 0 Å². The molecule has 0 aromatic heterocycles. The number of carbonyl (C=O) groups excluding carboxylic acids is 1. The Morgan fingerprint density at radius 2 is 1.88 bits per heavy atom. The van der Waals surface area contributed by atoms with E-state index >= 15 is 0 Å². The highest BCUT2D eigenvalue weighted by molar-refractivity contribution is 5.79. The van der Waals surface area contributed by atoms with Gasteiger partial charge in [0.15, 0.2) is 0 Å². The van der Waals surface area contributed by atoms with Crippen molar-refractivity contribution in [1.29, 1.82) is 0 Å². The van der Waals surface area contributed by atoms with Crippen LogP contribution >= 0.6 is 0 Å². The van der Waals surface area contributed by atoms with Crippen LogP contribution in [-0.2, 0) is 9.53 Å². The summed E-state index contributed by atoms with van der Waals surface area (Å²) >= 11 is 0. The molecule has 1 aromatic carbocycles. The molecule has 0 spiro atoms. The van der Waals surface area contributed by atoms with E-state index in [0.717, 1.165) is 5.56 Å². The van der Waals surface area contributed by atoms with E-state index in [2.05, 4.69) is 19.9 Å². The molecule has 88 valence electrons. The normalized spacial score (nSPS) is 12.6. The topological polar surface area (TPSA) is 26.3 Å². The van der Waals surface area contributed by atoms with Crippen LogP contribution in [0.2, 0.25) is 0 Å². The second-order valence-electron chi connectivity index (χ2n) is 4.53. The quantitative estimate of drug-likeness (QED) is 0.731. The number of aryl methyl sites for hydroxylation is 1. The summed E-state index contributed by atoms with van der Waals surface area (Å²) in [6, 6.07) is 6.08. The molecule has 0 radical (unpaired) electrons. The van der Waals surface area contributed by atoms with Gasteiger partial charge in [-0.05, 0) is 36.5 Å². The highest BCUT2D eigenvalue weighted by Gasteiger charge is 2.26. The maximum atomic E-state index is 11.8. The third-order valence-electron chi connectivity index (χ3n) is 3.10. The van der Waals surface area contributed by atoms with Gasteiger partial charge in [-0.25, -0.2) is 0 Å². The molecular formula is C14H20O2. The summed E-state index contributed by atoms with van der Waals surface area (Å²) in [5.74, 6) is -0.0680. The molecule has 1 rings (SSSR count). The molecular weight excluding hydrogens is 200 g/mol. The zero-order valence-corrected chi connectivity index (χ0v) is 10.7. The van der Waals surface area contributed by atoms with Crippen molar-refractivity contribution in [3.63, 3.8) is 0 Å². The molecule has 0 aliphatic rings. The van der Waals surface area contributed by atoms with Gasteiger partial charge in [0.1, 0.15) is 0 Å². The highest BCUT2D eigenvalue weighted by Crippen LogP contribution is 2.29. The lowest BCUT2D eigenvalue weighted by atomic mass is 9.85. The largest absolute Gasteiger partial charge is 0.469 e. The van der Waals surface area contributed by atoms with Gasteiger partial charge in [0, 0.05) is 0 Å². The van der Waals surface area contributed by atoms with Crippen molar-refractivity contribution in [2.75, 3.05) is 7.11 Å². The summed E-state index contributed by atoms with van der Waals surface area (Å²) in [5, 5.41) is 0. The van der Waals surface area contributed by atoms with E-state index in [-0.39, 0.29) is 17.8 Å². The molecule has 16 heavy (non-hydrogen) atoms. The van der Waals surface area contributed by atoms with E-state index in [4.69, 9.17) is 4.74 Å². The summed E-state index contributed by atoms with van der Waals surface area (Å²) < 4.78 is 4.88. The van der Waals surface area contributed by atoms with Crippen LogP contribution in [0.25, 0.3) is 0 Å². The number of esters is 1. The van der Waals surface area contributed by atoms with Crippen molar-refractivity contribution in [3.8, 4) is 0 Å². The predicted molar refractivity (Wildman–Crippen MR) is 65.5 cm³/mol. The first-order chi connectivity index (χ1) is 7.49. The van der Waals surface area contributed by atoms with Gasteiger partial charge in [-0.1, -0.05) is 32.0 Å². The molecule has 2 heteroatoms. The maximum absolute atomic E-state index is 11.8. The fourth-order valence-electron chi connectivity index (χ4n) is 2.00. The third-order valence-corrected chi connectivity index (χ3v) is 3.10. The average Bonchev–Trinajstić information content (AvgIpc) is 2.24. The first kappa shape index (κ1) is 12.8. The van der Waals surface area contributed by atoms with Crippen LogP contribution in [0.1, 0.15) is 36.5 Å². The first-order valence-electron chi connectivity index (χ1n) is 5.63. The van der Waals surface area contributed by atoms with Crippen LogP contribution in [0.5, 0.6) is 0 Å². The van der Waals surface area contributed by atoms with Crippen LogP contribution in [-0.4, -0.2) is 13.1 Å². The molecule has 1 atom stereocenters. The molecule has 0 saturated heterocycles. The van der Waals surface area contributed by atoms with Gasteiger partial charge >= 0.3 is 5.97 Å². The Kier molecular flexibility index (Phi) is 4.11. The van der Waals surface area contributed by atoms with E-state index in [1.165, 1.54) is 18.2 Å². The van der Waals surface area contributed by atoms with E-state index in [9.17, 15) is 4.79 Å². The van der Waals surface area contributed by atoms with Gasteiger partial charge in [-0.2, -0.15) is 0 Å². The van der Waals surface area contributed by atoms with Gasteiger partial charge < -0.3 is 4.74 Å². The zero-order valence-electron chi connectivity index (χ0n) is 10.7. The Balaban J connectivity index is 3.21. The SMILES string of the molecule is COC(=O)C(c1cccc(C)c1C)C(C)C. The molecule has 0 aliphatic carbocycles. The highest BCUT2D eigenvalue weighted by atomic mass is 16.5. The van der Waals surface area contributed by atoms with Gasteiger partial charge in [-0.3, -0.25) is 4.79 Å². The van der Waals surface area contributed by atoms with Gasteiger partial charge in [-0.15, -0.1) is 0 Å². The number of carbonyl (C=O) groups is 1. The monoisotopic (exact) mass is 220 g/mol. The molecule has 2 nitrogen and oxygen atoms in total. The minimum atomic E-state index is -0.162. The molecule has 0 fully saturated rings. The Morgan fingerprint density at radius 3 is 2.38 bits per heavy atom. The lowest BCUT2D eigenvalue weighted by molar-refractivity contribution is -0.143. The van der Waals surface area contributed by atoms with Crippen molar-refractivity contribution in [3.05, 3.63) is 34.9 Å². The molecule has 0 heterocycles. The van der Waals surface area contributed by atoms with Gasteiger partial charge in [0.25, 0.3) is 0 Å². The van der Waals surface area contributed by atoms with Crippen molar-refractivity contribution < 1.29 is 9.53 Å². The Bertz CT molecular complexity index is 380. The van der Waals surface area contributed by atoms with Crippen LogP contribution in [0.4, 0.5) is 0 Å². The summed E-state index contributed by atoms with van der Waals surface area (Å²) in [7, 11) is 1.45. The smallest absolute Gasteiger partial charge is 0.313 e. The van der Waals surface area contributed by atoms with Crippen molar-refractivity contribution in [2.24, 2.45) is 5.92 Å². The second kappa shape index (κ2) is 5.15. The number of ether oxygens (including phenoxy) is 1. The number of rotatable bonds is 3. The standard InChI is InChI=1S/C14H20O2/c1-9(2)13(14(15)16-5)12-8-6-7-10(3)11(12)4/h6-9,13H,1-5H3. The Labute approximate surface area is 97.6 Å². The van der Waals surface area contributed by atoms with Crippen LogP contribution in [0, 0.1) is 19.8 Å². The minimum absolute atomic E-state index is 0.149. The fourth-order valence-corrected chi connectivity index (χ4v) is 2.00. The molecule has 0 N–H and O–H groups in total. The lowest BCUT2D eigenvalue weighted by Gasteiger charge is -2.21. The van der Waals surface area contributed by atoms with Crippen molar-refractivity contribution in [1.82, 2.24) is 0 Å². The summed E-state index contributed by atoms with van der Waals surface area (Å²) in [4.78, 5) is 11.8. The van der Waals surface area contributed by atoms with Gasteiger partial charge in [0.05, 0.1) is 13.0 Å². The number of hydrogen-bond donors (Lipinski definition) is 0. The molecule has 1 aromatic rings. The summed E-state index contributed by atoms with van der Waals surface area (Å²) in [5.41, 5.74) is 3.49. The van der Waals surface area contributed by atoms with Crippen LogP contribution < -0.4 is 0 Å². The third kappa shape index (κ3) is 2.43. The summed E-state index contributed by atoms with van der Waals surface area (Å²) in [6.07, 6.45) is 0. The minimum Gasteiger partial charge on any atom is -0.469 e. The zero-order chi connectivity index (χ0) is 12.3. The molecule has 0 bridgehead atoms. The van der Waals surface area contributed by atoms with E-state index in [1.807, 2.05) is 26.0 Å². The number of methoxy groups -OCH3 is 1. The maximum Gasteiger partial charge on any atom is 0.313 e. The number of hydrogen-bond acceptors (Lipinski definition) is 2. The lowest BCUT2D eigenvalue weighted by Crippen LogP contribution is -2.20. The van der Waals surface area contributed by atoms with E-state index < -0.39 is 0 Å². The Hall–Kier alpha value is -1.31. The van der Waals surface area contributed by atoms with Crippen LogP contribution in [0.3, 0.4) is 0 Å². The predicted octanol–water partition coefficient (Wildman–Crippen LogP) is 3.22. The van der Waals surface area contributed by atoms with Crippen molar-refractivity contribution >= 4 is 5.97 Å². The molecule has 1 unspecified atom stereocenters. The number of benzene rings is 1. The van der Waals surface area contributed by atoms with E-state index in [0.29, 0.717) is 0 Å². The van der Waals surface area contributed by atoms with Gasteiger partial charge in [0.2, 0.25) is 0 Å². The summed E-state index contributed by atoms with van der Waals surface area (Å²) in [6.45, 7) is 8.21. The first-order valence-corrected chi connectivity index (χ1v) is 5.63. The fraction of sp³-hybridized carbons (Fsp3) is 0.500. The second-order valence-corrected chi connectivity index (χ2v) is 4.53. The average molecular weight is 220 g/mol. The molecule has 0 aliphatic heterocycles.